The molecular weight excluding hydrogens is 268 g/mol. The maximum atomic E-state index is 12.8. The molecule has 3 aromatic rings. The maximum absolute atomic E-state index is 12.8. The SMILES string of the molecule is Cc1ccc(S(=O)(=O)c2ccccc2)c2ccccc12. The highest BCUT2D eigenvalue weighted by molar-refractivity contribution is 7.91. The van der Waals surface area contributed by atoms with Crippen molar-refractivity contribution in [2.75, 3.05) is 0 Å². The topological polar surface area (TPSA) is 34.1 Å². The van der Waals surface area contributed by atoms with E-state index in [1.807, 2.05) is 43.3 Å². The second-order valence-electron chi connectivity index (χ2n) is 4.74. The van der Waals surface area contributed by atoms with Crippen molar-refractivity contribution in [1.29, 1.82) is 0 Å². The molecule has 0 saturated heterocycles. The van der Waals surface area contributed by atoms with E-state index in [1.165, 1.54) is 0 Å². The molecule has 0 unspecified atom stereocenters. The van der Waals surface area contributed by atoms with E-state index in [-0.39, 0.29) is 0 Å². The standard InChI is InChI=1S/C17H14O2S/c1-13-11-12-17(16-10-6-5-9-15(13)16)20(18,19)14-7-3-2-4-8-14/h2-12H,1H3. The molecule has 0 aromatic heterocycles. The number of aryl methyl sites for hydroxylation is 1. The van der Waals surface area contributed by atoms with Crippen LogP contribution in [0.15, 0.2) is 76.5 Å². The fourth-order valence-corrected chi connectivity index (χ4v) is 3.87. The summed E-state index contributed by atoms with van der Waals surface area (Å²) in [5.74, 6) is 0. The molecule has 0 aliphatic rings. The molecule has 20 heavy (non-hydrogen) atoms. The van der Waals surface area contributed by atoms with Gasteiger partial charge in [-0.2, -0.15) is 0 Å². The van der Waals surface area contributed by atoms with Gasteiger partial charge in [-0.05, 0) is 36.1 Å². The largest absolute Gasteiger partial charge is 0.218 e. The quantitative estimate of drug-likeness (QED) is 0.712. The van der Waals surface area contributed by atoms with Crippen LogP contribution in [-0.2, 0) is 9.84 Å². The molecule has 3 rings (SSSR count). The summed E-state index contributed by atoms with van der Waals surface area (Å²) in [4.78, 5) is 0.693. The van der Waals surface area contributed by atoms with Crippen molar-refractivity contribution in [1.82, 2.24) is 0 Å². The first-order valence-corrected chi connectivity index (χ1v) is 7.87. The number of rotatable bonds is 2. The molecular formula is C17H14O2S. The summed E-state index contributed by atoms with van der Waals surface area (Å²) >= 11 is 0. The molecule has 0 atom stereocenters. The van der Waals surface area contributed by atoms with Crippen molar-refractivity contribution in [2.24, 2.45) is 0 Å². The van der Waals surface area contributed by atoms with E-state index in [0.29, 0.717) is 9.79 Å². The zero-order valence-corrected chi connectivity index (χ0v) is 11.9. The van der Waals surface area contributed by atoms with E-state index in [2.05, 4.69) is 0 Å². The van der Waals surface area contributed by atoms with Crippen molar-refractivity contribution in [2.45, 2.75) is 16.7 Å². The maximum Gasteiger partial charge on any atom is 0.207 e. The fraction of sp³-hybridized carbons (Fsp3) is 0.0588. The number of benzene rings is 3. The average molecular weight is 282 g/mol. The predicted molar refractivity (Wildman–Crippen MR) is 80.6 cm³/mol. The van der Waals surface area contributed by atoms with Gasteiger partial charge in [0.15, 0.2) is 0 Å². The van der Waals surface area contributed by atoms with Crippen LogP contribution in [0, 0.1) is 6.92 Å². The number of hydrogen-bond donors (Lipinski definition) is 0. The predicted octanol–water partition coefficient (Wildman–Crippen LogP) is 3.98. The van der Waals surface area contributed by atoms with Crippen LogP contribution in [-0.4, -0.2) is 8.42 Å². The molecule has 3 heteroatoms. The molecule has 2 nitrogen and oxygen atoms in total. The normalized spacial score (nSPS) is 11.7. The summed E-state index contributed by atoms with van der Waals surface area (Å²) in [5, 5.41) is 1.75. The van der Waals surface area contributed by atoms with Crippen LogP contribution in [0.1, 0.15) is 5.56 Å². The zero-order valence-electron chi connectivity index (χ0n) is 11.1. The number of hydrogen-bond acceptors (Lipinski definition) is 2. The van der Waals surface area contributed by atoms with Crippen LogP contribution in [0.5, 0.6) is 0 Å². The molecule has 0 radical (unpaired) electrons. The van der Waals surface area contributed by atoms with Crippen LogP contribution >= 0.6 is 0 Å². The molecule has 0 fully saturated rings. The average Bonchev–Trinajstić information content (AvgIpc) is 2.48. The van der Waals surface area contributed by atoms with Gasteiger partial charge in [-0.15, -0.1) is 0 Å². The van der Waals surface area contributed by atoms with E-state index >= 15 is 0 Å². The van der Waals surface area contributed by atoms with E-state index in [9.17, 15) is 8.42 Å². The lowest BCUT2D eigenvalue weighted by molar-refractivity contribution is 0.597. The van der Waals surface area contributed by atoms with Crippen LogP contribution in [0.25, 0.3) is 10.8 Å². The first-order chi connectivity index (χ1) is 9.60. The van der Waals surface area contributed by atoms with Gasteiger partial charge in [0.25, 0.3) is 0 Å². The van der Waals surface area contributed by atoms with Gasteiger partial charge >= 0.3 is 0 Å². The molecule has 0 saturated carbocycles. The van der Waals surface area contributed by atoms with Crippen LogP contribution in [0.3, 0.4) is 0 Å². The summed E-state index contributed by atoms with van der Waals surface area (Å²) in [6, 6.07) is 19.7. The van der Waals surface area contributed by atoms with Gasteiger partial charge < -0.3 is 0 Å². The Bertz CT molecular complexity index is 866. The van der Waals surface area contributed by atoms with E-state index in [0.717, 1.165) is 16.3 Å². The molecule has 3 aromatic carbocycles. The van der Waals surface area contributed by atoms with Crippen molar-refractivity contribution in [3.63, 3.8) is 0 Å². The second kappa shape index (κ2) is 4.76. The van der Waals surface area contributed by atoms with Crippen molar-refractivity contribution in [3.8, 4) is 0 Å². The van der Waals surface area contributed by atoms with Gasteiger partial charge in [-0.3, -0.25) is 0 Å². The minimum atomic E-state index is -3.48. The molecule has 0 heterocycles. The van der Waals surface area contributed by atoms with Crippen LogP contribution in [0.4, 0.5) is 0 Å². The number of fused-ring (bicyclic) bond motifs is 1. The highest BCUT2D eigenvalue weighted by atomic mass is 32.2. The van der Waals surface area contributed by atoms with Gasteiger partial charge in [-0.25, -0.2) is 8.42 Å². The Balaban J connectivity index is 2.34. The van der Waals surface area contributed by atoms with Crippen molar-refractivity contribution >= 4 is 20.6 Å². The van der Waals surface area contributed by atoms with Gasteiger partial charge in [-0.1, -0.05) is 48.5 Å². The Hall–Kier alpha value is -2.13. The third-order valence-electron chi connectivity index (χ3n) is 3.45. The van der Waals surface area contributed by atoms with Gasteiger partial charge in [0.2, 0.25) is 9.84 Å². The Morgan fingerprint density at radius 3 is 2.00 bits per heavy atom. The van der Waals surface area contributed by atoms with Crippen LogP contribution in [0.2, 0.25) is 0 Å². The first-order valence-electron chi connectivity index (χ1n) is 6.39. The summed E-state index contributed by atoms with van der Waals surface area (Å²) < 4.78 is 25.5. The third kappa shape index (κ3) is 2.00. The molecule has 0 aliphatic carbocycles. The summed E-state index contributed by atoms with van der Waals surface area (Å²) in [5.41, 5.74) is 1.08. The molecule has 0 amide bonds. The minimum absolute atomic E-state index is 0.328. The molecule has 0 aliphatic heterocycles. The van der Waals surface area contributed by atoms with Crippen molar-refractivity contribution < 1.29 is 8.42 Å². The van der Waals surface area contributed by atoms with Gasteiger partial charge in [0.1, 0.15) is 0 Å². The Morgan fingerprint density at radius 1 is 0.700 bits per heavy atom. The highest BCUT2D eigenvalue weighted by Crippen LogP contribution is 2.29. The lowest BCUT2D eigenvalue weighted by Gasteiger charge is -2.10. The van der Waals surface area contributed by atoms with Crippen molar-refractivity contribution in [3.05, 3.63) is 72.3 Å². The Kier molecular flexibility index (Phi) is 3.07. The minimum Gasteiger partial charge on any atom is -0.218 e. The molecule has 0 bridgehead atoms. The monoisotopic (exact) mass is 282 g/mol. The summed E-state index contributed by atoms with van der Waals surface area (Å²) in [6.07, 6.45) is 0. The second-order valence-corrected chi connectivity index (χ2v) is 6.66. The van der Waals surface area contributed by atoms with E-state index in [1.54, 1.807) is 30.3 Å². The summed E-state index contributed by atoms with van der Waals surface area (Å²) in [7, 11) is -3.48. The lowest BCUT2D eigenvalue weighted by Crippen LogP contribution is -2.03. The Morgan fingerprint density at radius 2 is 1.30 bits per heavy atom. The zero-order chi connectivity index (χ0) is 14.2. The van der Waals surface area contributed by atoms with Crippen LogP contribution < -0.4 is 0 Å². The van der Waals surface area contributed by atoms with E-state index in [4.69, 9.17) is 0 Å². The molecule has 0 spiro atoms. The fourth-order valence-electron chi connectivity index (χ4n) is 2.38. The smallest absolute Gasteiger partial charge is 0.207 e. The third-order valence-corrected chi connectivity index (χ3v) is 5.27. The lowest BCUT2D eigenvalue weighted by atomic mass is 10.1. The molecule has 100 valence electrons. The number of sulfone groups is 1. The first kappa shape index (κ1) is 12.9. The highest BCUT2D eigenvalue weighted by Gasteiger charge is 2.20. The summed E-state index contributed by atoms with van der Waals surface area (Å²) in [6.45, 7) is 1.99. The van der Waals surface area contributed by atoms with Gasteiger partial charge in [0.05, 0.1) is 9.79 Å². The Labute approximate surface area is 118 Å². The van der Waals surface area contributed by atoms with Gasteiger partial charge in [0, 0.05) is 5.39 Å². The molecule has 0 N–H and O–H groups in total. The van der Waals surface area contributed by atoms with E-state index < -0.39 is 9.84 Å².